The fraction of sp³-hybridized carbons (Fsp3) is 0.938. The minimum atomic E-state index is -0.326. The van der Waals surface area contributed by atoms with Gasteiger partial charge in [-0.3, -0.25) is 5.32 Å². The molecule has 0 saturated carbocycles. The fourth-order valence-corrected chi connectivity index (χ4v) is 2.12. The maximum absolute atomic E-state index is 9.45. The van der Waals surface area contributed by atoms with Gasteiger partial charge in [-0.25, -0.2) is 0 Å². The van der Waals surface area contributed by atoms with Gasteiger partial charge in [0.1, 0.15) is 5.54 Å². The monoisotopic (exact) mass is 267 g/mol. The lowest BCUT2D eigenvalue weighted by atomic mass is 9.91. The van der Waals surface area contributed by atoms with Crippen LogP contribution in [-0.2, 0) is 0 Å². The molecule has 1 unspecified atom stereocenters. The Kier molecular flexibility index (Phi) is 8.29. The first-order valence-corrected chi connectivity index (χ1v) is 7.75. The predicted octanol–water partition coefficient (Wildman–Crippen LogP) is 3.56. The summed E-state index contributed by atoms with van der Waals surface area (Å²) in [5.41, 5.74) is -0.0778. The minimum absolute atomic E-state index is 0.248. The van der Waals surface area contributed by atoms with Crippen LogP contribution in [0.5, 0.6) is 0 Å². The van der Waals surface area contributed by atoms with E-state index in [0.717, 1.165) is 45.2 Å². The molecule has 0 saturated heterocycles. The van der Waals surface area contributed by atoms with Gasteiger partial charge in [-0.2, -0.15) is 5.26 Å². The molecule has 0 bridgehead atoms. The standard InChI is InChI=1S/C16H33N3/c1-7-12-18-16(9-3,14-17)11-10-13-19(6)15(4,5)8-2/h18H,7-13H2,1-6H3. The van der Waals surface area contributed by atoms with Crippen LogP contribution in [0.2, 0.25) is 0 Å². The Morgan fingerprint density at radius 3 is 2.21 bits per heavy atom. The van der Waals surface area contributed by atoms with Crippen molar-refractivity contribution in [2.24, 2.45) is 0 Å². The van der Waals surface area contributed by atoms with Gasteiger partial charge in [0.25, 0.3) is 0 Å². The number of hydrogen-bond acceptors (Lipinski definition) is 3. The van der Waals surface area contributed by atoms with E-state index in [2.05, 4.69) is 58.0 Å². The Balaban J connectivity index is 4.31. The molecule has 0 aliphatic heterocycles. The smallest absolute Gasteiger partial charge is 0.106 e. The van der Waals surface area contributed by atoms with Gasteiger partial charge in [-0.1, -0.05) is 20.8 Å². The zero-order valence-corrected chi connectivity index (χ0v) is 13.8. The molecule has 3 heteroatoms. The van der Waals surface area contributed by atoms with Gasteiger partial charge in [0.2, 0.25) is 0 Å². The SMILES string of the molecule is CCCNC(C#N)(CC)CCCN(C)C(C)(C)CC. The number of nitrogens with one attached hydrogen (secondary N) is 1. The molecule has 0 aromatic rings. The van der Waals surface area contributed by atoms with Crippen molar-refractivity contribution in [3.8, 4) is 6.07 Å². The van der Waals surface area contributed by atoms with Crippen LogP contribution in [0.15, 0.2) is 0 Å². The summed E-state index contributed by atoms with van der Waals surface area (Å²) in [5, 5.41) is 12.9. The van der Waals surface area contributed by atoms with Gasteiger partial charge in [0.05, 0.1) is 6.07 Å². The molecule has 0 radical (unpaired) electrons. The fourth-order valence-electron chi connectivity index (χ4n) is 2.12. The first-order chi connectivity index (χ1) is 8.87. The van der Waals surface area contributed by atoms with Crippen molar-refractivity contribution < 1.29 is 0 Å². The van der Waals surface area contributed by atoms with Gasteiger partial charge in [-0.05, 0) is 66.1 Å². The minimum Gasteiger partial charge on any atom is -0.301 e. The molecule has 3 nitrogen and oxygen atoms in total. The highest BCUT2D eigenvalue weighted by atomic mass is 15.2. The van der Waals surface area contributed by atoms with E-state index in [1.807, 2.05) is 0 Å². The van der Waals surface area contributed by atoms with Crippen LogP contribution in [0, 0.1) is 11.3 Å². The molecular weight excluding hydrogens is 234 g/mol. The number of rotatable bonds is 10. The highest BCUT2D eigenvalue weighted by Gasteiger charge is 2.27. The zero-order chi connectivity index (χ0) is 14.9. The van der Waals surface area contributed by atoms with Gasteiger partial charge in [0, 0.05) is 5.54 Å². The lowest BCUT2D eigenvalue weighted by Gasteiger charge is -2.36. The van der Waals surface area contributed by atoms with Crippen LogP contribution in [0.4, 0.5) is 0 Å². The Bertz CT molecular complexity index is 280. The Morgan fingerprint density at radius 1 is 1.16 bits per heavy atom. The first kappa shape index (κ1) is 18.4. The van der Waals surface area contributed by atoms with Crippen LogP contribution in [0.25, 0.3) is 0 Å². The predicted molar refractivity (Wildman–Crippen MR) is 83.2 cm³/mol. The van der Waals surface area contributed by atoms with Crippen LogP contribution >= 0.6 is 0 Å². The normalized spacial score (nSPS) is 15.3. The third kappa shape index (κ3) is 5.93. The molecule has 0 amide bonds. The van der Waals surface area contributed by atoms with Crippen LogP contribution in [-0.4, -0.2) is 36.1 Å². The summed E-state index contributed by atoms with van der Waals surface area (Å²) in [6, 6.07) is 2.50. The second-order valence-electron chi connectivity index (χ2n) is 6.17. The molecule has 0 spiro atoms. The van der Waals surface area contributed by atoms with E-state index >= 15 is 0 Å². The molecule has 1 N–H and O–H groups in total. The van der Waals surface area contributed by atoms with Crippen molar-refractivity contribution in [1.29, 1.82) is 5.26 Å². The summed E-state index contributed by atoms with van der Waals surface area (Å²) in [6.45, 7) is 13.0. The van der Waals surface area contributed by atoms with Crippen LogP contribution < -0.4 is 5.32 Å². The van der Waals surface area contributed by atoms with Gasteiger partial charge in [0.15, 0.2) is 0 Å². The third-order valence-corrected chi connectivity index (χ3v) is 4.53. The van der Waals surface area contributed by atoms with Gasteiger partial charge >= 0.3 is 0 Å². The highest BCUT2D eigenvalue weighted by molar-refractivity contribution is 5.06. The Hall–Kier alpha value is -0.590. The molecule has 0 aromatic heterocycles. The molecule has 1 atom stereocenters. The highest BCUT2D eigenvalue weighted by Crippen LogP contribution is 2.20. The lowest BCUT2D eigenvalue weighted by Crippen LogP contribution is -2.45. The lowest BCUT2D eigenvalue weighted by molar-refractivity contribution is 0.144. The number of hydrogen-bond donors (Lipinski definition) is 1. The first-order valence-electron chi connectivity index (χ1n) is 7.75. The van der Waals surface area contributed by atoms with Crippen molar-refractivity contribution in [2.45, 2.75) is 77.8 Å². The Morgan fingerprint density at radius 2 is 1.79 bits per heavy atom. The summed E-state index contributed by atoms with van der Waals surface area (Å²) in [7, 11) is 2.18. The summed E-state index contributed by atoms with van der Waals surface area (Å²) >= 11 is 0. The summed E-state index contributed by atoms with van der Waals surface area (Å²) in [5.74, 6) is 0. The zero-order valence-electron chi connectivity index (χ0n) is 13.8. The van der Waals surface area contributed by atoms with Gasteiger partial charge < -0.3 is 4.90 Å². The van der Waals surface area contributed by atoms with Crippen molar-refractivity contribution in [2.75, 3.05) is 20.1 Å². The molecule has 0 rings (SSSR count). The quantitative estimate of drug-likeness (QED) is 0.658. The van der Waals surface area contributed by atoms with Gasteiger partial charge in [-0.15, -0.1) is 0 Å². The average molecular weight is 267 g/mol. The molecule has 0 aromatic carbocycles. The summed E-state index contributed by atoms with van der Waals surface area (Å²) in [4.78, 5) is 2.41. The van der Waals surface area contributed by atoms with E-state index in [1.54, 1.807) is 0 Å². The van der Waals surface area contributed by atoms with E-state index in [-0.39, 0.29) is 11.1 Å². The molecular formula is C16H33N3. The maximum atomic E-state index is 9.45. The second-order valence-corrected chi connectivity index (χ2v) is 6.17. The number of nitriles is 1. The van der Waals surface area contributed by atoms with Crippen molar-refractivity contribution >= 4 is 0 Å². The maximum Gasteiger partial charge on any atom is 0.106 e. The van der Waals surface area contributed by atoms with E-state index in [4.69, 9.17) is 0 Å². The largest absolute Gasteiger partial charge is 0.301 e. The van der Waals surface area contributed by atoms with Crippen LogP contribution in [0.3, 0.4) is 0 Å². The van der Waals surface area contributed by atoms with Crippen molar-refractivity contribution in [3.05, 3.63) is 0 Å². The Labute approximate surface area is 120 Å². The van der Waals surface area contributed by atoms with E-state index in [0.29, 0.717) is 0 Å². The third-order valence-electron chi connectivity index (χ3n) is 4.53. The van der Waals surface area contributed by atoms with Crippen molar-refractivity contribution in [3.63, 3.8) is 0 Å². The topological polar surface area (TPSA) is 39.1 Å². The number of nitrogens with zero attached hydrogens (tertiary/aromatic N) is 2. The molecule has 19 heavy (non-hydrogen) atoms. The second kappa shape index (κ2) is 8.55. The summed E-state index contributed by atoms with van der Waals surface area (Å²) in [6.07, 6.45) is 5.10. The average Bonchev–Trinajstić information content (AvgIpc) is 2.42. The van der Waals surface area contributed by atoms with Crippen molar-refractivity contribution in [1.82, 2.24) is 10.2 Å². The summed E-state index contributed by atoms with van der Waals surface area (Å²) < 4.78 is 0. The molecule has 0 fully saturated rings. The molecule has 0 heterocycles. The van der Waals surface area contributed by atoms with E-state index in [1.165, 1.54) is 0 Å². The molecule has 112 valence electrons. The van der Waals surface area contributed by atoms with E-state index in [9.17, 15) is 5.26 Å². The van der Waals surface area contributed by atoms with Crippen LogP contribution in [0.1, 0.15) is 66.7 Å². The van der Waals surface area contributed by atoms with E-state index < -0.39 is 0 Å². The molecule has 0 aliphatic carbocycles. The molecule has 0 aliphatic rings.